The van der Waals surface area contributed by atoms with Crippen molar-refractivity contribution in [1.82, 2.24) is 0 Å². The fraction of sp³-hybridized carbons (Fsp3) is 0.667. The number of carbonyl (C=O) groups excluding carboxylic acids is 1. The summed E-state index contributed by atoms with van der Waals surface area (Å²) < 4.78 is 0. The average Bonchev–Trinajstić information content (AvgIpc) is 2.69. The molecule has 0 aromatic carbocycles. The van der Waals surface area contributed by atoms with Crippen LogP contribution in [0, 0.1) is 11.3 Å². The molecule has 0 aromatic heterocycles. The third-order valence-electron chi connectivity index (χ3n) is 4.72. The molecule has 88 valence electrons. The van der Waals surface area contributed by atoms with Gasteiger partial charge < -0.3 is 0 Å². The van der Waals surface area contributed by atoms with Gasteiger partial charge in [-0.15, -0.1) is 0 Å². The number of hydrogen-bond acceptors (Lipinski definition) is 1. The minimum absolute atomic E-state index is 0.187. The van der Waals surface area contributed by atoms with Crippen LogP contribution in [-0.4, -0.2) is 6.29 Å². The van der Waals surface area contributed by atoms with E-state index in [0.29, 0.717) is 5.92 Å². The average molecular weight is 218 g/mol. The van der Waals surface area contributed by atoms with Gasteiger partial charge in [-0.3, -0.25) is 4.79 Å². The molecule has 2 rings (SSSR count). The third-order valence-corrected chi connectivity index (χ3v) is 4.72. The lowest BCUT2D eigenvalue weighted by Crippen LogP contribution is -2.31. The van der Waals surface area contributed by atoms with Crippen LogP contribution in [0.4, 0.5) is 0 Å². The van der Waals surface area contributed by atoms with Gasteiger partial charge in [0.25, 0.3) is 0 Å². The molecular weight excluding hydrogens is 196 g/mol. The second-order valence-corrected chi connectivity index (χ2v) is 5.69. The van der Waals surface area contributed by atoms with Crippen LogP contribution in [0.15, 0.2) is 22.8 Å². The highest BCUT2D eigenvalue weighted by molar-refractivity contribution is 5.76. The van der Waals surface area contributed by atoms with Crippen molar-refractivity contribution < 1.29 is 4.79 Å². The van der Waals surface area contributed by atoms with Crippen LogP contribution in [0.1, 0.15) is 52.9 Å². The lowest BCUT2D eigenvalue weighted by Gasteiger charge is -2.39. The third kappa shape index (κ3) is 1.66. The molecule has 1 fully saturated rings. The standard InChI is InChI=1S/C15H22O/c1-11(2)13-7-8-15(9-13)12(3)5-4-6-14(15)10-16/h6,10,12H,4-5,7-9H2,1-3H3/t12-,15-/m0/s1. The zero-order valence-corrected chi connectivity index (χ0v) is 10.7. The summed E-state index contributed by atoms with van der Waals surface area (Å²) in [6.45, 7) is 6.72. The Kier molecular flexibility index (Phi) is 3.05. The number of aldehydes is 1. The van der Waals surface area contributed by atoms with Crippen molar-refractivity contribution in [2.75, 3.05) is 0 Å². The van der Waals surface area contributed by atoms with Crippen molar-refractivity contribution in [2.24, 2.45) is 11.3 Å². The first kappa shape index (κ1) is 11.6. The second kappa shape index (κ2) is 4.20. The lowest BCUT2D eigenvalue weighted by molar-refractivity contribution is -0.106. The molecule has 16 heavy (non-hydrogen) atoms. The Hall–Kier alpha value is -0.850. The first-order chi connectivity index (χ1) is 7.60. The summed E-state index contributed by atoms with van der Waals surface area (Å²) >= 11 is 0. The van der Waals surface area contributed by atoms with E-state index in [9.17, 15) is 4.79 Å². The summed E-state index contributed by atoms with van der Waals surface area (Å²) in [7, 11) is 0. The van der Waals surface area contributed by atoms with E-state index in [1.807, 2.05) is 0 Å². The van der Waals surface area contributed by atoms with Gasteiger partial charge in [0.05, 0.1) is 0 Å². The summed E-state index contributed by atoms with van der Waals surface area (Å²) in [6, 6.07) is 0. The molecule has 2 atom stereocenters. The normalized spacial score (nSPS) is 34.1. The molecule has 0 aliphatic heterocycles. The van der Waals surface area contributed by atoms with E-state index in [2.05, 4.69) is 26.8 Å². The topological polar surface area (TPSA) is 17.1 Å². The Bertz CT molecular complexity index is 358. The quantitative estimate of drug-likeness (QED) is 0.479. The number of allylic oxidation sites excluding steroid dienone is 4. The van der Waals surface area contributed by atoms with Crippen LogP contribution in [0.2, 0.25) is 0 Å². The van der Waals surface area contributed by atoms with Crippen LogP contribution in [0.3, 0.4) is 0 Å². The van der Waals surface area contributed by atoms with Gasteiger partial charge in [-0.1, -0.05) is 24.1 Å². The van der Waals surface area contributed by atoms with E-state index in [1.54, 1.807) is 5.57 Å². The van der Waals surface area contributed by atoms with E-state index < -0.39 is 0 Å². The minimum Gasteiger partial charge on any atom is -0.298 e. The Labute approximate surface area is 98.6 Å². The summed E-state index contributed by atoms with van der Waals surface area (Å²) in [6.07, 6.45) is 9.12. The molecule has 0 bridgehead atoms. The first-order valence-corrected chi connectivity index (χ1v) is 6.41. The van der Waals surface area contributed by atoms with Crippen molar-refractivity contribution in [3.8, 4) is 0 Å². The second-order valence-electron chi connectivity index (χ2n) is 5.69. The van der Waals surface area contributed by atoms with Gasteiger partial charge in [0.1, 0.15) is 6.29 Å². The predicted octanol–water partition coefficient (Wildman–Crippen LogP) is 4.05. The summed E-state index contributed by atoms with van der Waals surface area (Å²) in [5, 5.41) is 0. The lowest BCUT2D eigenvalue weighted by atomic mass is 9.65. The van der Waals surface area contributed by atoms with Gasteiger partial charge in [-0.05, 0) is 57.4 Å². The predicted molar refractivity (Wildman–Crippen MR) is 67.2 cm³/mol. The molecule has 1 spiro atoms. The first-order valence-electron chi connectivity index (χ1n) is 6.41. The van der Waals surface area contributed by atoms with Gasteiger partial charge in [0, 0.05) is 5.41 Å². The van der Waals surface area contributed by atoms with Crippen molar-refractivity contribution in [3.63, 3.8) is 0 Å². The molecular formula is C15H22O. The van der Waals surface area contributed by atoms with E-state index in [1.165, 1.54) is 24.8 Å². The maximum absolute atomic E-state index is 11.3. The molecule has 0 amide bonds. The molecule has 0 N–H and O–H groups in total. The van der Waals surface area contributed by atoms with Crippen LogP contribution in [0.5, 0.6) is 0 Å². The van der Waals surface area contributed by atoms with E-state index in [0.717, 1.165) is 24.7 Å². The molecule has 0 aromatic rings. The molecule has 2 aliphatic rings. The zero-order valence-electron chi connectivity index (χ0n) is 10.7. The van der Waals surface area contributed by atoms with Gasteiger partial charge in [-0.25, -0.2) is 0 Å². The molecule has 0 saturated heterocycles. The molecule has 1 saturated carbocycles. The molecule has 1 heteroatoms. The fourth-order valence-corrected chi connectivity index (χ4v) is 3.44. The van der Waals surface area contributed by atoms with Gasteiger partial charge in [0.2, 0.25) is 0 Å². The smallest absolute Gasteiger partial charge is 0.146 e. The van der Waals surface area contributed by atoms with Gasteiger partial charge in [-0.2, -0.15) is 0 Å². The van der Waals surface area contributed by atoms with Crippen LogP contribution < -0.4 is 0 Å². The Balaban J connectivity index is 2.37. The molecule has 2 aliphatic carbocycles. The van der Waals surface area contributed by atoms with Crippen LogP contribution in [0.25, 0.3) is 0 Å². The highest BCUT2D eigenvalue weighted by atomic mass is 16.1. The zero-order chi connectivity index (χ0) is 11.8. The largest absolute Gasteiger partial charge is 0.298 e. The fourth-order valence-electron chi connectivity index (χ4n) is 3.44. The summed E-state index contributed by atoms with van der Waals surface area (Å²) in [5.41, 5.74) is 4.32. The summed E-state index contributed by atoms with van der Waals surface area (Å²) in [4.78, 5) is 11.3. The maximum Gasteiger partial charge on any atom is 0.146 e. The van der Waals surface area contributed by atoms with E-state index in [4.69, 9.17) is 0 Å². The van der Waals surface area contributed by atoms with Crippen molar-refractivity contribution in [1.29, 1.82) is 0 Å². The molecule has 0 radical (unpaired) electrons. The number of carbonyl (C=O) groups is 1. The minimum atomic E-state index is 0.187. The summed E-state index contributed by atoms with van der Waals surface area (Å²) in [5.74, 6) is 0.662. The monoisotopic (exact) mass is 218 g/mol. The van der Waals surface area contributed by atoms with E-state index >= 15 is 0 Å². The number of hydrogen-bond donors (Lipinski definition) is 0. The maximum atomic E-state index is 11.3. The van der Waals surface area contributed by atoms with Crippen LogP contribution >= 0.6 is 0 Å². The Morgan fingerprint density at radius 1 is 1.50 bits per heavy atom. The van der Waals surface area contributed by atoms with Crippen molar-refractivity contribution in [2.45, 2.75) is 52.9 Å². The number of rotatable bonds is 1. The molecule has 0 heterocycles. The van der Waals surface area contributed by atoms with E-state index in [-0.39, 0.29) is 5.41 Å². The van der Waals surface area contributed by atoms with Gasteiger partial charge >= 0.3 is 0 Å². The molecule has 1 nitrogen and oxygen atoms in total. The highest BCUT2D eigenvalue weighted by Gasteiger charge is 2.45. The van der Waals surface area contributed by atoms with Gasteiger partial charge in [0.15, 0.2) is 0 Å². The molecule has 0 unspecified atom stereocenters. The Morgan fingerprint density at radius 2 is 2.25 bits per heavy atom. The van der Waals surface area contributed by atoms with Crippen molar-refractivity contribution in [3.05, 3.63) is 22.8 Å². The van der Waals surface area contributed by atoms with Crippen LogP contribution in [-0.2, 0) is 4.79 Å². The Morgan fingerprint density at radius 3 is 2.81 bits per heavy atom. The SMILES string of the molecule is CC(C)=C1CC[C@@]2(C1)C(C=O)=CCC[C@@H]2C. The highest BCUT2D eigenvalue weighted by Crippen LogP contribution is 2.55. The van der Waals surface area contributed by atoms with Crippen molar-refractivity contribution >= 4 is 6.29 Å².